The van der Waals surface area contributed by atoms with E-state index in [1.54, 1.807) is 0 Å². The van der Waals surface area contributed by atoms with Crippen molar-refractivity contribution < 1.29 is 30.0 Å². The van der Waals surface area contributed by atoms with E-state index in [2.05, 4.69) is 5.32 Å². The molecule has 2 aromatic carbocycles. The summed E-state index contributed by atoms with van der Waals surface area (Å²) in [5, 5.41) is 39.5. The van der Waals surface area contributed by atoms with Crippen molar-refractivity contribution in [3.8, 4) is 11.5 Å². The Kier molecular flexibility index (Phi) is 4.28. The van der Waals surface area contributed by atoms with Crippen LogP contribution in [0.4, 0.5) is 5.69 Å². The number of hydrogen-bond acceptors (Lipinski definition) is 5. The topological polar surface area (TPSA) is 127 Å². The zero-order valence-electron chi connectivity index (χ0n) is 11.3. The third-order valence-corrected chi connectivity index (χ3v) is 2.97. The minimum atomic E-state index is -1.27. The summed E-state index contributed by atoms with van der Waals surface area (Å²) in [5.74, 6) is -2.60. The minimum Gasteiger partial charge on any atom is -0.508 e. The SMILES string of the molecule is O=C(Nc1ccc(CO)cc1C(=O)O)c1cc(O)ccc1O. The molecule has 2 rings (SSSR count). The molecule has 0 aromatic heterocycles. The summed E-state index contributed by atoms with van der Waals surface area (Å²) in [6.07, 6.45) is 0. The maximum atomic E-state index is 12.1. The van der Waals surface area contributed by atoms with E-state index in [0.29, 0.717) is 5.56 Å². The van der Waals surface area contributed by atoms with Crippen LogP contribution in [0, 0.1) is 0 Å². The van der Waals surface area contributed by atoms with Gasteiger partial charge in [-0.15, -0.1) is 0 Å². The molecule has 0 spiro atoms. The number of carboxylic acids is 1. The van der Waals surface area contributed by atoms with Crippen molar-refractivity contribution in [2.24, 2.45) is 0 Å². The monoisotopic (exact) mass is 303 g/mol. The predicted octanol–water partition coefficient (Wildman–Crippen LogP) is 1.54. The summed E-state index contributed by atoms with van der Waals surface area (Å²) >= 11 is 0. The molecule has 5 N–H and O–H groups in total. The highest BCUT2D eigenvalue weighted by Crippen LogP contribution is 2.24. The van der Waals surface area contributed by atoms with Gasteiger partial charge in [0.2, 0.25) is 0 Å². The van der Waals surface area contributed by atoms with Crippen LogP contribution >= 0.6 is 0 Å². The molecular formula is C15H13NO6. The van der Waals surface area contributed by atoms with Gasteiger partial charge in [0.1, 0.15) is 11.5 Å². The fourth-order valence-electron chi connectivity index (χ4n) is 1.87. The van der Waals surface area contributed by atoms with Gasteiger partial charge in [0.05, 0.1) is 23.4 Å². The number of rotatable bonds is 4. The summed E-state index contributed by atoms with van der Waals surface area (Å²) in [6.45, 7) is -0.331. The summed E-state index contributed by atoms with van der Waals surface area (Å²) in [4.78, 5) is 23.3. The summed E-state index contributed by atoms with van der Waals surface area (Å²) < 4.78 is 0. The van der Waals surface area contributed by atoms with Crippen molar-refractivity contribution in [2.45, 2.75) is 6.61 Å². The number of hydrogen-bond donors (Lipinski definition) is 5. The van der Waals surface area contributed by atoms with Gasteiger partial charge >= 0.3 is 5.97 Å². The number of aliphatic hydroxyl groups excluding tert-OH is 1. The number of anilines is 1. The fourth-order valence-corrected chi connectivity index (χ4v) is 1.87. The van der Waals surface area contributed by atoms with Gasteiger partial charge < -0.3 is 25.7 Å². The van der Waals surface area contributed by atoms with Crippen LogP contribution in [0.25, 0.3) is 0 Å². The van der Waals surface area contributed by atoms with Crippen molar-refractivity contribution >= 4 is 17.6 Å². The maximum Gasteiger partial charge on any atom is 0.337 e. The lowest BCUT2D eigenvalue weighted by Crippen LogP contribution is -2.15. The molecule has 0 aliphatic carbocycles. The van der Waals surface area contributed by atoms with E-state index in [4.69, 9.17) is 10.2 Å². The average molecular weight is 303 g/mol. The highest BCUT2D eigenvalue weighted by molar-refractivity contribution is 6.09. The number of phenols is 2. The molecule has 7 nitrogen and oxygen atoms in total. The van der Waals surface area contributed by atoms with E-state index in [1.807, 2.05) is 0 Å². The maximum absolute atomic E-state index is 12.1. The number of carboxylic acid groups (broad SMARTS) is 1. The van der Waals surface area contributed by atoms with Crippen LogP contribution in [0.15, 0.2) is 36.4 Å². The number of aliphatic hydroxyl groups is 1. The molecule has 0 bridgehead atoms. The van der Waals surface area contributed by atoms with E-state index in [9.17, 15) is 19.8 Å². The number of aromatic hydroxyl groups is 2. The van der Waals surface area contributed by atoms with E-state index < -0.39 is 11.9 Å². The van der Waals surface area contributed by atoms with E-state index in [-0.39, 0.29) is 34.9 Å². The Balaban J connectivity index is 2.36. The molecule has 0 unspecified atom stereocenters. The molecule has 0 saturated heterocycles. The zero-order valence-corrected chi connectivity index (χ0v) is 11.3. The number of benzene rings is 2. The van der Waals surface area contributed by atoms with Crippen LogP contribution in [-0.4, -0.2) is 32.3 Å². The number of nitrogens with one attached hydrogen (secondary N) is 1. The average Bonchev–Trinajstić information content (AvgIpc) is 2.49. The number of carbonyl (C=O) groups excluding carboxylic acids is 1. The Morgan fingerprint density at radius 2 is 1.73 bits per heavy atom. The van der Waals surface area contributed by atoms with Crippen LogP contribution in [0.1, 0.15) is 26.3 Å². The van der Waals surface area contributed by atoms with E-state index >= 15 is 0 Å². The lowest BCUT2D eigenvalue weighted by atomic mass is 10.1. The molecule has 0 aliphatic heterocycles. The first kappa shape index (κ1) is 15.3. The lowest BCUT2D eigenvalue weighted by Gasteiger charge is -2.11. The van der Waals surface area contributed by atoms with Crippen molar-refractivity contribution in [1.82, 2.24) is 0 Å². The van der Waals surface area contributed by atoms with Gasteiger partial charge in [-0.05, 0) is 35.9 Å². The van der Waals surface area contributed by atoms with Gasteiger partial charge in [-0.2, -0.15) is 0 Å². The first-order valence-corrected chi connectivity index (χ1v) is 6.22. The summed E-state index contributed by atoms with van der Waals surface area (Å²) in [7, 11) is 0. The molecule has 0 radical (unpaired) electrons. The molecule has 2 aromatic rings. The lowest BCUT2D eigenvalue weighted by molar-refractivity contribution is 0.0698. The largest absolute Gasteiger partial charge is 0.508 e. The first-order chi connectivity index (χ1) is 10.4. The zero-order chi connectivity index (χ0) is 16.3. The van der Waals surface area contributed by atoms with Gasteiger partial charge in [-0.1, -0.05) is 6.07 Å². The third-order valence-electron chi connectivity index (χ3n) is 2.97. The second-order valence-electron chi connectivity index (χ2n) is 4.50. The number of amides is 1. The van der Waals surface area contributed by atoms with Crippen molar-refractivity contribution in [2.75, 3.05) is 5.32 Å². The number of carbonyl (C=O) groups is 2. The number of aromatic carboxylic acids is 1. The quantitative estimate of drug-likeness (QED) is 0.545. The van der Waals surface area contributed by atoms with E-state index in [1.165, 1.54) is 24.3 Å². The Hall–Kier alpha value is -3.06. The van der Waals surface area contributed by atoms with Crippen molar-refractivity contribution in [3.05, 3.63) is 53.1 Å². The molecular weight excluding hydrogens is 290 g/mol. The fraction of sp³-hybridized carbons (Fsp3) is 0.0667. The number of phenolic OH excluding ortho intramolecular Hbond substituents is 2. The van der Waals surface area contributed by atoms with Crippen LogP contribution in [0.2, 0.25) is 0 Å². The van der Waals surface area contributed by atoms with Gasteiger partial charge in [-0.3, -0.25) is 4.79 Å². The van der Waals surface area contributed by atoms with Crippen LogP contribution < -0.4 is 5.32 Å². The van der Waals surface area contributed by atoms with Crippen LogP contribution in [0.5, 0.6) is 11.5 Å². The highest BCUT2D eigenvalue weighted by atomic mass is 16.4. The predicted molar refractivity (Wildman–Crippen MR) is 77.0 cm³/mol. The van der Waals surface area contributed by atoms with Crippen LogP contribution in [-0.2, 0) is 6.61 Å². The molecule has 0 aliphatic rings. The normalized spacial score (nSPS) is 10.2. The second-order valence-corrected chi connectivity index (χ2v) is 4.50. The van der Waals surface area contributed by atoms with Crippen molar-refractivity contribution in [1.29, 1.82) is 0 Å². The van der Waals surface area contributed by atoms with E-state index in [0.717, 1.165) is 12.1 Å². The molecule has 22 heavy (non-hydrogen) atoms. The molecule has 114 valence electrons. The Labute approximate surface area is 125 Å². The summed E-state index contributed by atoms with van der Waals surface area (Å²) in [6, 6.07) is 7.46. The minimum absolute atomic E-state index is 0.0115. The Bertz CT molecular complexity index is 741. The second kappa shape index (κ2) is 6.15. The molecule has 0 saturated carbocycles. The Morgan fingerprint density at radius 3 is 2.36 bits per heavy atom. The van der Waals surface area contributed by atoms with Gasteiger partial charge in [0, 0.05) is 0 Å². The highest BCUT2D eigenvalue weighted by Gasteiger charge is 2.17. The van der Waals surface area contributed by atoms with Crippen LogP contribution in [0.3, 0.4) is 0 Å². The van der Waals surface area contributed by atoms with Gasteiger partial charge in [-0.25, -0.2) is 4.79 Å². The molecule has 7 heteroatoms. The standard InChI is InChI=1S/C15H13NO6/c17-7-8-1-3-12(10(5-8)15(21)22)16-14(20)11-6-9(18)2-4-13(11)19/h1-6,17-19H,7H2,(H,16,20)(H,21,22). The third kappa shape index (κ3) is 3.15. The molecule has 1 amide bonds. The first-order valence-electron chi connectivity index (χ1n) is 6.22. The van der Waals surface area contributed by atoms with Gasteiger partial charge in [0.15, 0.2) is 0 Å². The smallest absolute Gasteiger partial charge is 0.337 e. The summed E-state index contributed by atoms with van der Waals surface area (Å²) in [5.41, 5.74) is 0.00941. The van der Waals surface area contributed by atoms with Crippen molar-refractivity contribution in [3.63, 3.8) is 0 Å². The molecule has 0 fully saturated rings. The molecule has 0 heterocycles. The molecule has 0 atom stereocenters. The van der Waals surface area contributed by atoms with Gasteiger partial charge in [0.25, 0.3) is 5.91 Å². The Morgan fingerprint density at radius 1 is 1.00 bits per heavy atom.